The van der Waals surface area contributed by atoms with E-state index in [-0.39, 0.29) is 6.10 Å². The summed E-state index contributed by atoms with van der Waals surface area (Å²) in [6.45, 7) is 6.96. The van der Waals surface area contributed by atoms with Crippen LogP contribution in [0.3, 0.4) is 0 Å². The highest BCUT2D eigenvalue weighted by molar-refractivity contribution is 5.57. The molecular weight excluding hydrogens is 214 g/mol. The molecule has 0 N–H and O–H groups in total. The van der Waals surface area contributed by atoms with Crippen LogP contribution in [-0.4, -0.2) is 20.9 Å². The lowest BCUT2D eigenvalue weighted by Crippen LogP contribution is -2.05. The van der Waals surface area contributed by atoms with Gasteiger partial charge in [-0.1, -0.05) is 12.1 Å². The Morgan fingerprint density at radius 2 is 2.18 bits per heavy atom. The van der Waals surface area contributed by atoms with Crippen LogP contribution in [0, 0.1) is 0 Å². The highest BCUT2D eigenvalue weighted by Crippen LogP contribution is 2.22. The summed E-state index contributed by atoms with van der Waals surface area (Å²) in [7, 11) is 0. The second-order valence-electron chi connectivity index (χ2n) is 4.13. The summed E-state index contributed by atoms with van der Waals surface area (Å²) >= 11 is 0. The van der Waals surface area contributed by atoms with Gasteiger partial charge in [-0.05, 0) is 32.9 Å². The van der Waals surface area contributed by atoms with Gasteiger partial charge in [0.05, 0.1) is 6.10 Å². The van der Waals surface area contributed by atoms with E-state index in [1.165, 1.54) is 0 Å². The van der Waals surface area contributed by atoms with Crippen LogP contribution in [0.4, 0.5) is 0 Å². The molecule has 0 saturated carbocycles. The lowest BCUT2D eigenvalue weighted by Gasteiger charge is -2.10. The van der Waals surface area contributed by atoms with Gasteiger partial charge in [0.2, 0.25) is 0 Å². The molecule has 1 aromatic heterocycles. The molecule has 0 spiro atoms. The Morgan fingerprint density at radius 3 is 2.88 bits per heavy atom. The molecule has 0 amide bonds. The van der Waals surface area contributed by atoms with Gasteiger partial charge in [-0.25, -0.2) is 0 Å². The summed E-state index contributed by atoms with van der Waals surface area (Å²) in [6, 6.07) is 7.94. The topological polar surface area (TPSA) is 39.9 Å². The summed E-state index contributed by atoms with van der Waals surface area (Å²) in [5, 5.41) is 8.07. The molecule has 1 heterocycles. The van der Waals surface area contributed by atoms with Crippen LogP contribution in [0.15, 0.2) is 30.6 Å². The summed E-state index contributed by atoms with van der Waals surface area (Å²) in [5.74, 6) is 1.74. The molecule has 0 bridgehead atoms. The van der Waals surface area contributed by atoms with Crippen LogP contribution in [0.25, 0.3) is 11.4 Å². The van der Waals surface area contributed by atoms with Gasteiger partial charge < -0.3 is 9.30 Å². The van der Waals surface area contributed by atoms with E-state index in [1.54, 1.807) is 6.33 Å². The molecule has 4 nitrogen and oxygen atoms in total. The Morgan fingerprint density at radius 1 is 1.35 bits per heavy atom. The van der Waals surface area contributed by atoms with Crippen LogP contribution >= 0.6 is 0 Å². The minimum absolute atomic E-state index is 0.175. The first kappa shape index (κ1) is 11.6. The molecule has 0 unspecified atom stereocenters. The Labute approximate surface area is 101 Å². The number of hydrogen-bond donors (Lipinski definition) is 0. The van der Waals surface area contributed by atoms with E-state index in [1.807, 2.05) is 42.7 Å². The Hall–Kier alpha value is -1.84. The van der Waals surface area contributed by atoms with Crippen molar-refractivity contribution in [2.75, 3.05) is 0 Å². The maximum Gasteiger partial charge on any atom is 0.163 e. The number of aryl methyl sites for hydroxylation is 1. The van der Waals surface area contributed by atoms with Crippen molar-refractivity contribution >= 4 is 0 Å². The van der Waals surface area contributed by atoms with Gasteiger partial charge in [-0.15, -0.1) is 10.2 Å². The summed E-state index contributed by atoms with van der Waals surface area (Å²) in [6.07, 6.45) is 1.92. The third-order valence-electron chi connectivity index (χ3n) is 2.42. The highest BCUT2D eigenvalue weighted by atomic mass is 16.5. The van der Waals surface area contributed by atoms with Gasteiger partial charge in [-0.3, -0.25) is 0 Å². The van der Waals surface area contributed by atoms with Crippen molar-refractivity contribution in [3.8, 4) is 17.1 Å². The van der Waals surface area contributed by atoms with Gasteiger partial charge >= 0.3 is 0 Å². The number of rotatable bonds is 4. The zero-order chi connectivity index (χ0) is 12.3. The van der Waals surface area contributed by atoms with Crippen molar-refractivity contribution < 1.29 is 4.74 Å². The highest BCUT2D eigenvalue weighted by Gasteiger charge is 2.07. The maximum atomic E-state index is 5.67. The standard InChI is InChI=1S/C13H17N3O/c1-4-16-9-14-15-13(16)11-6-5-7-12(8-11)17-10(2)3/h5-10H,4H2,1-3H3. The first-order valence-electron chi connectivity index (χ1n) is 5.85. The number of aromatic nitrogens is 3. The van der Waals surface area contributed by atoms with E-state index >= 15 is 0 Å². The number of nitrogens with zero attached hydrogens (tertiary/aromatic N) is 3. The monoisotopic (exact) mass is 231 g/mol. The molecule has 0 atom stereocenters. The van der Waals surface area contributed by atoms with Crippen LogP contribution in [0.2, 0.25) is 0 Å². The number of hydrogen-bond acceptors (Lipinski definition) is 3. The zero-order valence-corrected chi connectivity index (χ0v) is 10.4. The molecule has 0 aliphatic heterocycles. The Balaban J connectivity index is 2.33. The third-order valence-corrected chi connectivity index (χ3v) is 2.42. The molecule has 2 rings (SSSR count). The smallest absolute Gasteiger partial charge is 0.163 e. The first-order chi connectivity index (χ1) is 8.20. The van der Waals surface area contributed by atoms with E-state index < -0.39 is 0 Å². The second kappa shape index (κ2) is 4.99. The Bertz CT molecular complexity index is 491. The van der Waals surface area contributed by atoms with Crippen LogP contribution in [0.1, 0.15) is 20.8 Å². The van der Waals surface area contributed by atoms with Crippen molar-refractivity contribution in [1.29, 1.82) is 0 Å². The molecular formula is C13H17N3O. The predicted molar refractivity (Wildman–Crippen MR) is 66.9 cm³/mol. The van der Waals surface area contributed by atoms with Gasteiger partial charge in [0.1, 0.15) is 12.1 Å². The molecule has 90 valence electrons. The molecule has 0 saturated heterocycles. The van der Waals surface area contributed by atoms with Crippen molar-refractivity contribution in [3.63, 3.8) is 0 Å². The molecule has 0 radical (unpaired) electrons. The van der Waals surface area contributed by atoms with Crippen molar-refractivity contribution in [3.05, 3.63) is 30.6 Å². The third kappa shape index (κ3) is 2.64. The average molecular weight is 231 g/mol. The Kier molecular flexibility index (Phi) is 3.42. The van der Waals surface area contributed by atoms with Gasteiger partial charge in [0, 0.05) is 12.1 Å². The van der Waals surface area contributed by atoms with Crippen LogP contribution in [-0.2, 0) is 6.54 Å². The molecule has 2 aromatic rings. The normalized spacial score (nSPS) is 10.8. The van der Waals surface area contributed by atoms with Gasteiger partial charge in [0.25, 0.3) is 0 Å². The van der Waals surface area contributed by atoms with Crippen molar-refractivity contribution in [2.45, 2.75) is 33.4 Å². The number of benzene rings is 1. The van der Waals surface area contributed by atoms with E-state index in [4.69, 9.17) is 4.74 Å². The lowest BCUT2D eigenvalue weighted by molar-refractivity contribution is 0.242. The van der Waals surface area contributed by atoms with Crippen LogP contribution < -0.4 is 4.74 Å². The maximum absolute atomic E-state index is 5.67. The molecule has 1 aromatic carbocycles. The fraction of sp³-hybridized carbons (Fsp3) is 0.385. The van der Waals surface area contributed by atoms with E-state index in [9.17, 15) is 0 Å². The van der Waals surface area contributed by atoms with Gasteiger partial charge in [0.15, 0.2) is 5.82 Å². The number of ether oxygens (including phenoxy) is 1. The van der Waals surface area contributed by atoms with Gasteiger partial charge in [-0.2, -0.15) is 0 Å². The minimum Gasteiger partial charge on any atom is -0.491 e. The molecule has 17 heavy (non-hydrogen) atoms. The van der Waals surface area contributed by atoms with Crippen molar-refractivity contribution in [2.24, 2.45) is 0 Å². The predicted octanol–water partition coefficient (Wildman–Crippen LogP) is 2.75. The molecule has 0 fully saturated rings. The second-order valence-corrected chi connectivity index (χ2v) is 4.13. The van der Waals surface area contributed by atoms with Crippen LogP contribution in [0.5, 0.6) is 5.75 Å². The van der Waals surface area contributed by atoms with Crippen molar-refractivity contribution in [1.82, 2.24) is 14.8 Å². The van der Waals surface area contributed by atoms with E-state index in [0.717, 1.165) is 23.7 Å². The largest absolute Gasteiger partial charge is 0.491 e. The fourth-order valence-electron chi connectivity index (χ4n) is 1.69. The SMILES string of the molecule is CCn1cnnc1-c1cccc(OC(C)C)c1. The molecule has 4 heteroatoms. The quantitative estimate of drug-likeness (QED) is 0.812. The summed E-state index contributed by atoms with van der Waals surface area (Å²) < 4.78 is 7.68. The summed E-state index contributed by atoms with van der Waals surface area (Å²) in [5.41, 5.74) is 1.03. The average Bonchev–Trinajstić information content (AvgIpc) is 2.76. The zero-order valence-electron chi connectivity index (χ0n) is 10.4. The fourth-order valence-corrected chi connectivity index (χ4v) is 1.69. The van der Waals surface area contributed by atoms with E-state index in [0.29, 0.717) is 0 Å². The molecule has 0 aliphatic carbocycles. The molecule has 0 aliphatic rings. The first-order valence-corrected chi connectivity index (χ1v) is 5.85. The minimum atomic E-state index is 0.175. The lowest BCUT2D eigenvalue weighted by atomic mass is 10.2. The summed E-state index contributed by atoms with van der Waals surface area (Å²) in [4.78, 5) is 0. The van der Waals surface area contributed by atoms with E-state index in [2.05, 4.69) is 17.1 Å².